The van der Waals surface area contributed by atoms with Gasteiger partial charge in [0.25, 0.3) is 0 Å². The van der Waals surface area contributed by atoms with Gasteiger partial charge in [0.15, 0.2) is 14.4 Å². The quantitative estimate of drug-likeness (QED) is 0.466. The molecule has 0 fully saturated rings. The number of halogens is 1. The standard InChI is InChI=1S/C19H29BrO5Si/c1-7-24-18(23)16(25-26(5,6)19(2,3)4)15(17(21)22)12-13-8-10-14(20)11-9-13/h8-11,15-16H,7,12H2,1-6H3,(H,21,22)/t15-,16+/m1/s1. The highest BCUT2D eigenvalue weighted by Gasteiger charge is 2.45. The molecule has 0 bridgehead atoms. The van der Waals surface area contributed by atoms with Crippen LogP contribution in [0.25, 0.3) is 0 Å². The zero-order chi connectivity index (χ0) is 20.1. The predicted octanol–water partition coefficient (Wildman–Crippen LogP) is 4.65. The summed E-state index contributed by atoms with van der Waals surface area (Å²) in [4.78, 5) is 24.5. The molecule has 5 nitrogen and oxygen atoms in total. The van der Waals surface area contributed by atoms with E-state index in [-0.39, 0.29) is 18.1 Å². The second kappa shape index (κ2) is 9.15. The normalized spacial score (nSPS) is 14.6. The van der Waals surface area contributed by atoms with Gasteiger partial charge in [0.2, 0.25) is 0 Å². The van der Waals surface area contributed by atoms with E-state index in [0.29, 0.717) is 0 Å². The van der Waals surface area contributed by atoms with Crippen LogP contribution in [0.1, 0.15) is 33.3 Å². The topological polar surface area (TPSA) is 72.8 Å². The number of carboxylic acid groups (broad SMARTS) is 1. The number of benzene rings is 1. The van der Waals surface area contributed by atoms with Crippen molar-refractivity contribution in [3.63, 3.8) is 0 Å². The third kappa shape index (κ3) is 6.21. The molecular formula is C19H29BrO5Si. The Morgan fingerprint density at radius 3 is 2.15 bits per heavy atom. The molecule has 0 aliphatic heterocycles. The minimum Gasteiger partial charge on any atom is -0.481 e. The van der Waals surface area contributed by atoms with Crippen molar-refractivity contribution in [1.29, 1.82) is 0 Å². The van der Waals surface area contributed by atoms with Crippen LogP contribution in [0.15, 0.2) is 28.7 Å². The van der Waals surface area contributed by atoms with Crippen molar-refractivity contribution in [1.82, 2.24) is 0 Å². The zero-order valence-corrected chi connectivity index (χ0v) is 18.9. The van der Waals surface area contributed by atoms with Crippen LogP contribution >= 0.6 is 15.9 Å². The Labute approximate surface area is 165 Å². The number of carbonyl (C=O) groups is 2. The van der Waals surface area contributed by atoms with Gasteiger partial charge in [-0.2, -0.15) is 0 Å². The van der Waals surface area contributed by atoms with Gasteiger partial charge in [-0.15, -0.1) is 0 Å². The van der Waals surface area contributed by atoms with E-state index in [9.17, 15) is 14.7 Å². The molecule has 1 aromatic carbocycles. The second-order valence-electron chi connectivity index (χ2n) is 7.83. The fourth-order valence-electron chi connectivity index (χ4n) is 2.21. The summed E-state index contributed by atoms with van der Waals surface area (Å²) in [7, 11) is -2.37. The number of esters is 1. The Morgan fingerprint density at radius 2 is 1.73 bits per heavy atom. The number of carbonyl (C=O) groups excluding carboxylic acids is 1. The molecule has 1 rings (SSSR count). The maximum absolute atomic E-state index is 12.5. The lowest BCUT2D eigenvalue weighted by Crippen LogP contribution is -2.50. The van der Waals surface area contributed by atoms with E-state index in [1.54, 1.807) is 6.92 Å². The van der Waals surface area contributed by atoms with E-state index in [0.717, 1.165) is 10.0 Å². The molecule has 0 spiro atoms. The van der Waals surface area contributed by atoms with Crippen molar-refractivity contribution < 1.29 is 23.9 Å². The van der Waals surface area contributed by atoms with Crippen molar-refractivity contribution in [2.75, 3.05) is 6.61 Å². The van der Waals surface area contributed by atoms with E-state index < -0.39 is 32.3 Å². The van der Waals surface area contributed by atoms with Crippen LogP contribution in [0.4, 0.5) is 0 Å². The van der Waals surface area contributed by atoms with Gasteiger partial charge in [0.1, 0.15) is 0 Å². The van der Waals surface area contributed by atoms with Crippen LogP contribution in [0.2, 0.25) is 18.1 Å². The summed E-state index contributed by atoms with van der Waals surface area (Å²) >= 11 is 3.37. The third-order valence-electron chi connectivity index (χ3n) is 4.80. The molecule has 0 saturated heterocycles. The lowest BCUT2D eigenvalue weighted by molar-refractivity contribution is -0.162. The smallest absolute Gasteiger partial charge is 0.334 e. The number of aliphatic carboxylic acids is 1. The summed E-state index contributed by atoms with van der Waals surface area (Å²) in [5.41, 5.74) is 0.828. The second-order valence-corrected chi connectivity index (χ2v) is 13.5. The molecule has 26 heavy (non-hydrogen) atoms. The Kier molecular flexibility index (Phi) is 8.04. The third-order valence-corrected chi connectivity index (χ3v) is 9.78. The van der Waals surface area contributed by atoms with Crippen LogP contribution in [0, 0.1) is 5.92 Å². The fraction of sp³-hybridized carbons (Fsp3) is 0.579. The zero-order valence-electron chi connectivity index (χ0n) is 16.3. The molecule has 0 amide bonds. The first kappa shape index (κ1) is 22.9. The predicted molar refractivity (Wildman–Crippen MR) is 108 cm³/mol. The molecule has 7 heteroatoms. The minimum absolute atomic E-state index is 0.154. The molecule has 0 aromatic heterocycles. The number of hydrogen-bond acceptors (Lipinski definition) is 4. The Bertz CT molecular complexity index is 622. The van der Waals surface area contributed by atoms with Crippen molar-refractivity contribution in [2.45, 2.75) is 58.4 Å². The van der Waals surface area contributed by atoms with Gasteiger partial charge in [-0.05, 0) is 49.2 Å². The Balaban J connectivity index is 3.19. The van der Waals surface area contributed by atoms with E-state index in [1.807, 2.05) is 58.1 Å². The van der Waals surface area contributed by atoms with Gasteiger partial charge < -0.3 is 14.3 Å². The van der Waals surface area contributed by atoms with E-state index in [2.05, 4.69) is 15.9 Å². The summed E-state index contributed by atoms with van der Waals surface area (Å²) in [6.45, 7) is 12.0. The van der Waals surface area contributed by atoms with E-state index in [1.165, 1.54) is 0 Å². The molecule has 0 aliphatic carbocycles. The molecule has 0 aliphatic rings. The van der Waals surface area contributed by atoms with Gasteiger partial charge in [0, 0.05) is 4.47 Å². The van der Waals surface area contributed by atoms with E-state index >= 15 is 0 Å². The van der Waals surface area contributed by atoms with Crippen molar-refractivity contribution in [3.05, 3.63) is 34.3 Å². The highest BCUT2D eigenvalue weighted by molar-refractivity contribution is 9.10. The summed E-state index contributed by atoms with van der Waals surface area (Å²) in [6, 6.07) is 7.38. The maximum atomic E-state index is 12.5. The van der Waals surface area contributed by atoms with Crippen LogP contribution in [-0.2, 0) is 25.2 Å². The molecule has 1 aromatic rings. The first-order valence-electron chi connectivity index (χ1n) is 8.70. The summed E-state index contributed by atoms with van der Waals surface area (Å²) < 4.78 is 12.3. The lowest BCUT2D eigenvalue weighted by Gasteiger charge is -2.39. The van der Waals surface area contributed by atoms with Crippen molar-refractivity contribution in [3.8, 4) is 0 Å². The van der Waals surface area contributed by atoms with Crippen molar-refractivity contribution >= 4 is 36.2 Å². The highest BCUT2D eigenvalue weighted by atomic mass is 79.9. The molecule has 1 N–H and O–H groups in total. The maximum Gasteiger partial charge on any atom is 0.334 e. The minimum atomic E-state index is -2.37. The SMILES string of the molecule is CCOC(=O)[C@@H](O[Si](C)(C)C(C)(C)C)[C@@H](Cc1ccc(Br)cc1)C(=O)O. The fourth-order valence-corrected chi connectivity index (χ4v) is 3.72. The van der Waals surface area contributed by atoms with Gasteiger partial charge in [-0.25, -0.2) is 4.79 Å². The largest absolute Gasteiger partial charge is 0.481 e. The number of hydrogen-bond donors (Lipinski definition) is 1. The summed E-state index contributed by atoms with van der Waals surface area (Å²) in [6.07, 6.45) is -0.933. The number of carboxylic acids is 1. The molecular weight excluding hydrogens is 416 g/mol. The average Bonchev–Trinajstić information content (AvgIpc) is 2.51. The summed E-state index contributed by atoms with van der Waals surface area (Å²) in [5.74, 6) is -2.68. The van der Waals surface area contributed by atoms with Crippen LogP contribution in [0.3, 0.4) is 0 Å². The molecule has 0 radical (unpaired) electrons. The van der Waals surface area contributed by atoms with Crippen LogP contribution in [-0.4, -0.2) is 38.1 Å². The molecule has 0 saturated carbocycles. The van der Waals surface area contributed by atoms with Crippen LogP contribution < -0.4 is 0 Å². The molecule has 0 unspecified atom stereocenters. The Hall–Kier alpha value is -1.18. The first-order valence-corrected chi connectivity index (χ1v) is 12.4. The van der Waals surface area contributed by atoms with Gasteiger partial charge in [0.05, 0.1) is 12.5 Å². The lowest BCUT2D eigenvalue weighted by atomic mass is 9.94. The van der Waals surface area contributed by atoms with Gasteiger partial charge >= 0.3 is 11.9 Å². The van der Waals surface area contributed by atoms with E-state index in [4.69, 9.17) is 9.16 Å². The monoisotopic (exact) mass is 444 g/mol. The highest BCUT2D eigenvalue weighted by Crippen LogP contribution is 2.38. The van der Waals surface area contributed by atoms with Crippen molar-refractivity contribution in [2.24, 2.45) is 5.92 Å². The summed E-state index contributed by atoms with van der Waals surface area (Å²) in [5, 5.41) is 9.64. The average molecular weight is 445 g/mol. The Morgan fingerprint density at radius 1 is 1.19 bits per heavy atom. The first-order chi connectivity index (χ1) is 11.9. The number of ether oxygens (including phenoxy) is 1. The van der Waals surface area contributed by atoms with Gasteiger partial charge in [-0.3, -0.25) is 4.79 Å². The molecule has 2 atom stereocenters. The van der Waals surface area contributed by atoms with Gasteiger partial charge in [-0.1, -0.05) is 48.8 Å². The van der Waals surface area contributed by atoms with Crippen LogP contribution in [0.5, 0.6) is 0 Å². The molecule has 0 heterocycles. The number of rotatable bonds is 8. The molecule has 146 valence electrons.